The molecular formula is C17H13Cl2N3O3. The van der Waals surface area contributed by atoms with Crippen molar-refractivity contribution < 1.29 is 14.4 Å². The van der Waals surface area contributed by atoms with Gasteiger partial charge >= 0.3 is 6.03 Å². The molecular weight excluding hydrogens is 365 g/mol. The van der Waals surface area contributed by atoms with Gasteiger partial charge in [-0.05, 0) is 23.8 Å². The van der Waals surface area contributed by atoms with Gasteiger partial charge in [0.05, 0.1) is 0 Å². The van der Waals surface area contributed by atoms with Gasteiger partial charge in [-0.15, -0.1) is 0 Å². The number of hydrogen-bond donors (Lipinski definition) is 2. The van der Waals surface area contributed by atoms with Crippen molar-refractivity contribution in [2.75, 3.05) is 0 Å². The molecule has 1 heterocycles. The van der Waals surface area contributed by atoms with E-state index in [1.165, 1.54) is 18.2 Å². The van der Waals surface area contributed by atoms with E-state index >= 15 is 0 Å². The minimum atomic E-state index is -0.738. The van der Waals surface area contributed by atoms with Gasteiger partial charge in [-0.3, -0.25) is 15.0 Å². The lowest BCUT2D eigenvalue weighted by atomic mass is 10.1. The summed E-state index contributed by atoms with van der Waals surface area (Å²) in [5.74, 6) is -1.19. The second kappa shape index (κ2) is 7.13. The van der Waals surface area contributed by atoms with Gasteiger partial charge in [-0.2, -0.15) is 5.01 Å². The molecule has 25 heavy (non-hydrogen) atoms. The summed E-state index contributed by atoms with van der Waals surface area (Å²) in [6.45, 7) is 0. The Kier molecular flexibility index (Phi) is 4.92. The lowest BCUT2D eigenvalue weighted by molar-refractivity contribution is -0.129. The molecule has 2 aromatic carbocycles. The Morgan fingerprint density at radius 2 is 1.72 bits per heavy atom. The minimum Gasteiger partial charge on any atom is -0.324 e. The van der Waals surface area contributed by atoms with Crippen molar-refractivity contribution >= 4 is 41.0 Å². The summed E-state index contributed by atoms with van der Waals surface area (Å²) in [5.41, 5.74) is 3.32. The van der Waals surface area contributed by atoms with Gasteiger partial charge in [0.15, 0.2) is 0 Å². The maximum Gasteiger partial charge on any atom is 0.344 e. The smallest absolute Gasteiger partial charge is 0.324 e. The lowest BCUT2D eigenvalue weighted by Gasteiger charge is -2.14. The number of amides is 4. The number of imide groups is 1. The molecule has 1 aliphatic rings. The highest BCUT2D eigenvalue weighted by atomic mass is 35.5. The zero-order valence-corrected chi connectivity index (χ0v) is 14.3. The first kappa shape index (κ1) is 17.3. The van der Waals surface area contributed by atoms with Crippen LogP contribution in [0.1, 0.15) is 15.9 Å². The Labute approximate surface area is 153 Å². The highest BCUT2D eigenvalue weighted by Gasteiger charge is 2.39. The van der Waals surface area contributed by atoms with Gasteiger partial charge in [0.2, 0.25) is 0 Å². The molecule has 0 saturated carbocycles. The Hall–Kier alpha value is -2.57. The topological polar surface area (TPSA) is 78.5 Å². The molecule has 2 aromatic rings. The fourth-order valence-corrected chi connectivity index (χ4v) is 3.00. The average Bonchev–Trinajstić information content (AvgIpc) is 2.82. The zero-order chi connectivity index (χ0) is 18.0. The number of rotatable bonds is 4. The summed E-state index contributed by atoms with van der Waals surface area (Å²) in [6.07, 6.45) is 0.334. The molecule has 4 amide bonds. The SMILES string of the molecule is O=C(NN1C(=O)NC(Cc2ccccc2)C1=O)c1cc(Cl)cc(Cl)c1. The molecule has 0 radical (unpaired) electrons. The van der Waals surface area contributed by atoms with Gasteiger partial charge in [0.25, 0.3) is 11.8 Å². The second-order valence-electron chi connectivity index (χ2n) is 5.46. The number of hydrazine groups is 1. The Balaban J connectivity index is 1.71. The van der Waals surface area contributed by atoms with Crippen LogP contribution in [0.4, 0.5) is 4.79 Å². The highest BCUT2D eigenvalue weighted by molar-refractivity contribution is 6.35. The van der Waals surface area contributed by atoms with Crippen molar-refractivity contribution in [1.29, 1.82) is 0 Å². The number of carbonyl (C=O) groups is 3. The molecule has 2 N–H and O–H groups in total. The van der Waals surface area contributed by atoms with Gasteiger partial charge in [0, 0.05) is 22.0 Å². The van der Waals surface area contributed by atoms with Gasteiger partial charge in [0.1, 0.15) is 6.04 Å². The van der Waals surface area contributed by atoms with Gasteiger partial charge in [-0.25, -0.2) is 4.79 Å². The number of halogens is 2. The number of hydrogen-bond acceptors (Lipinski definition) is 3. The Morgan fingerprint density at radius 3 is 2.36 bits per heavy atom. The van der Waals surface area contributed by atoms with Crippen LogP contribution in [0.2, 0.25) is 10.0 Å². The van der Waals surface area contributed by atoms with Crippen LogP contribution in [-0.2, 0) is 11.2 Å². The number of nitrogens with one attached hydrogen (secondary N) is 2. The molecule has 0 bridgehead atoms. The molecule has 6 nitrogen and oxygen atoms in total. The molecule has 0 aliphatic carbocycles. The first-order valence-corrected chi connectivity index (χ1v) is 8.15. The van der Waals surface area contributed by atoms with E-state index in [9.17, 15) is 14.4 Å². The lowest BCUT2D eigenvalue weighted by Crippen LogP contribution is -2.46. The number of urea groups is 1. The van der Waals surface area contributed by atoms with Crippen molar-refractivity contribution in [3.63, 3.8) is 0 Å². The van der Waals surface area contributed by atoms with E-state index in [1.54, 1.807) is 0 Å². The molecule has 1 fully saturated rings. The third kappa shape index (κ3) is 3.92. The molecule has 0 spiro atoms. The Morgan fingerprint density at radius 1 is 1.08 bits per heavy atom. The summed E-state index contributed by atoms with van der Waals surface area (Å²) >= 11 is 11.7. The monoisotopic (exact) mass is 377 g/mol. The highest BCUT2D eigenvalue weighted by Crippen LogP contribution is 2.19. The molecule has 0 aromatic heterocycles. The van der Waals surface area contributed by atoms with Crippen LogP contribution in [0.5, 0.6) is 0 Å². The third-order valence-corrected chi connectivity index (χ3v) is 4.08. The van der Waals surface area contributed by atoms with Crippen molar-refractivity contribution in [3.8, 4) is 0 Å². The number of nitrogens with zero attached hydrogens (tertiary/aromatic N) is 1. The van der Waals surface area contributed by atoms with E-state index < -0.39 is 23.9 Å². The number of benzene rings is 2. The minimum absolute atomic E-state index is 0.143. The molecule has 8 heteroatoms. The summed E-state index contributed by atoms with van der Waals surface area (Å²) < 4.78 is 0. The van der Waals surface area contributed by atoms with E-state index in [0.717, 1.165) is 5.56 Å². The molecule has 3 rings (SSSR count). The molecule has 1 unspecified atom stereocenters. The summed E-state index contributed by atoms with van der Waals surface area (Å²) in [7, 11) is 0. The maximum atomic E-state index is 12.4. The van der Waals surface area contributed by atoms with Crippen LogP contribution >= 0.6 is 23.2 Å². The first-order chi connectivity index (χ1) is 11.9. The summed E-state index contributed by atoms with van der Waals surface area (Å²) in [5, 5.41) is 3.77. The standard InChI is InChI=1S/C17H13Cl2N3O3/c18-12-7-11(8-13(19)9-12)15(23)21-22-16(24)14(20-17(22)25)6-10-4-2-1-3-5-10/h1-5,7-9,14H,6H2,(H,20,25)(H,21,23). The van der Waals surface area contributed by atoms with Crippen LogP contribution < -0.4 is 10.7 Å². The molecule has 1 saturated heterocycles. The normalized spacial score (nSPS) is 16.7. The maximum absolute atomic E-state index is 12.4. The quantitative estimate of drug-likeness (QED) is 0.804. The largest absolute Gasteiger partial charge is 0.344 e. The van der Waals surface area contributed by atoms with E-state index in [2.05, 4.69) is 10.7 Å². The average molecular weight is 378 g/mol. The van der Waals surface area contributed by atoms with Crippen LogP contribution in [0.3, 0.4) is 0 Å². The fraction of sp³-hybridized carbons (Fsp3) is 0.118. The van der Waals surface area contributed by atoms with Crippen LogP contribution in [0, 0.1) is 0 Å². The van der Waals surface area contributed by atoms with Gasteiger partial charge < -0.3 is 5.32 Å². The second-order valence-corrected chi connectivity index (χ2v) is 6.34. The predicted molar refractivity (Wildman–Crippen MR) is 93.2 cm³/mol. The molecule has 1 atom stereocenters. The molecule has 128 valence electrons. The summed E-state index contributed by atoms with van der Waals surface area (Å²) in [4.78, 5) is 36.7. The third-order valence-electron chi connectivity index (χ3n) is 3.64. The van der Waals surface area contributed by atoms with Gasteiger partial charge in [-0.1, -0.05) is 53.5 Å². The van der Waals surface area contributed by atoms with Crippen LogP contribution in [0.25, 0.3) is 0 Å². The van der Waals surface area contributed by atoms with E-state index in [1.807, 2.05) is 30.3 Å². The van der Waals surface area contributed by atoms with Crippen molar-refractivity contribution in [2.45, 2.75) is 12.5 Å². The fourth-order valence-electron chi connectivity index (χ4n) is 2.48. The van der Waals surface area contributed by atoms with E-state index in [0.29, 0.717) is 11.4 Å². The van der Waals surface area contributed by atoms with Crippen LogP contribution in [-0.4, -0.2) is 28.9 Å². The Bertz CT molecular complexity index is 822. The predicted octanol–water partition coefficient (Wildman–Crippen LogP) is 2.80. The van der Waals surface area contributed by atoms with Crippen molar-refractivity contribution in [1.82, 2.24) is 15.8 Å². The van der Waals surface area contributed by atoms with Crippen LogP contribution in [0.15, 0.2) is 48.5 Å². The first-order valence-electron chi connectivity index (χ1n) is 7.39. The van der Waals surface area contributed by atoms with Crippen molar-refractivity contribution in [2.24, 2.45) is 0 Å². The summed E-state index contributed by atoms with van der Waals surface area (Å²) in [6, 6.07) is 12.1. The van der Waals surface area contributed by atoms with E-state index in [4.69, 9.17) is 23.2 Å². The number of carbonyl (C=O) groups excluding carboxylic acids is 3. The van der Waals surface area contributed by atoms with E-state index in [-0.39, 0.29) is 15.6 Å². The zero-order valence-electron chi connectivity index (χ0n) is 12.8. The van der Waals surface area contributed by atoms with Crippen molar-refractivity contribution in [3.05, 3.63) is 69.7 Å². The molecule has 1 aliphatic heterocycles.